The van der Waals surface area contributed by atoms with Gasteiger partial charge in [0.1, 0.15) is 6.54 Å². The number of halogens is 1. The van der Waals surface area contributed by atoms with Crippen molar-refractivity contribution >= 4 is 38.9 Å². The van der Waals surface area contributed by atoms with Crippen LogP contribution in [0.1, 0.15) is 5.56 Å². The molecule has 0 bridgehead atoms. The van der Waals surface area contributed by atoms with Crippen LogP contribution in [-0.2, 0) is 4.79 Å². The zero-order chi connectivity index (χ0) is 13.4. The van der Waals surface area contributed by atoms with Crippen LogP contribution in [0.5, 0.6) is 0 Å². The van der Waals surface area contributed by atoms with E-state index >= 15 is 0 Å². The lowest BCUT2D eigenvalue weighted by Gasteiger charge is -2.31. The van der Waals surface area contributed by atoms with Crippen LogP contribution in [0, 0.1) is 6.92 Å². The normalized spacial score (nSPS) is 14.0. The average Bonchev–Trinajstić information content (AvgIpc) is 2.38. The van der Waals surface area contributed by atoms with Crippen molar-refractivity contribution in [2.75, 3.05) is 16.8 Å². The molecule has 1 aliphatic heterocycles. The largest absolute Gasteiger partial charge is 0.330 e. The van der Waals surface area contributed by atoms with Crippen LogP contribution < -0.4 is 10.2 Å². The highest BCUT2D eigenvalue weighted by Gasteiger charge is 2.23. The van der Waals surface area contributed by atoms with Gasteiger partial charge in [0.15, 0.2) is 0 Å². The van der Waals surface area contributed by atoms with Gasteiger partial charge in [0.25, 0.3) is 0 Å². The van der Waals surface area contributed by atoms with Crippen molar-refractivity contribution < 1.29 is 4.79 Å². The Bertz CT molecular complexity index is 654. The summed E-state index contributed by atoms with van der Waals surface area (Å²) in [7, 11) is 0. The Hall–Kier alpha value is -1.81. The summed E-state index contributed by atoms with van der Waals surface area (Å²) in [6.45, 7) is 2.39. The Morgan fingerprint density at radius 2 is 2.05 bits per heavy atom. The molecule has 1 heterocycles. The van der Waals surface area contributed by atoms with Crippen LogP contribution in [0.25, 0.3) is 0 Å². The molecule has 0 aliphatic carbocycles. The molecule has 0 atom stereocenters. The van der Waals surface area contributed by atoms with Gasteiger partial charge in [-0.3, -0.25) is 4.79 Å². The molecule has 0 aromatic heterocycles. The molecule has 19 heavy (non-hydrogen) atoms. The first-order valence-corrected chi connectivity index (χ1v) is 6.86. The molecule has 1 aliphatic rings. The third-order valence-electron chi connectivity index (χ3n) is 3.14. The van der Waals surface area contributed by atoms with E-state index in [-0.39, 0.29) is 5.91 Å². The van der Waals surface area contributed by atoms with E-state index < -0.39 is 0 Å². The Balaban J connectivity index is 2.12. The zero-order valence-corrected chi connectivity index (χ0v) is 12.1. The van der Waals surface area contributed by atoms with E-state index in [0.717, 1.165) is 21.5 Å². The highest BCUT2D eigenvalue weighted by Crippen LogP contribution is 2.37. The summed E-state index contributed by atoms with van der Waals surface area (Å²) >= 11 is 3.48. The summed E-state index contributed by atoms with van der Waals surface area (Å²) in [6, 6.07) is 14.0. The fourth-order valence-electron chi connectivity index (χ4n) is 2.28. The third kappa shape index (κ3) is 2.36. The van der Waals surface area contributed by atoms with Gasteiger partial charge in [0.05, 0.1) is 11.4 Å². The van der Waals surface area contributed by atoms with E-state index in [2.05, 4.69) is 40.3 Å². The molecule has 3 rings (SSSR count). The molecule has 96 valence electrons. The maximum Gasteiger partial charge on any atom is 0.244 e. The lowest BCUT2D eigenvalue weighted by molar-refractivity contribution is -0.115. The van der Waals surface area contributed by atoms with Crippen molar-refractivity contribution in [1.82, 2.24) is 0 Å². The number of nitrogens with one attached hydrogen (secondary N) is 1. The third-order valence-corrected chi connectivity index (χ3v) is 3.63. The molecule has 4 heteroatoms. The van der Waals surface area contributed by atoms with Gasteiger partial charge in [-0.2, -0.15) is 0 Å². The summed E-state index contributed by atoms with van der Waals surface area (Å²) in [5.74, 6) is 0.0105. The fourth-order valence-corrected chi connectivity index (χ4v) is 2.63. The van der Waals surface area contributed by atoms with Gasteiger partial charge in [-0.05, 0) is 42.8 Å². The molecule has 2 aromatic rings. The van der Waals surface area contributed by atoms with Gasteiger partial charge in [-0.25, -0.2) is 0 Å². The minimum absolute atomic E-state index is 0.0105. The summed E-state index contributed by atoms with van der Waals surface area (Å²) in [5.41, 5.74) is 4.08. The van der Waals surface area contributed by atoms with Crippen molar-refractivity contribution in [3.8, 4) is 0 Å². The number of carbonyl (C=O) groups excluding carboxylic acids is 1. The second-order valence-electron chi connectivity index (χ2n) is 4.63. The minimum atomic E-state index is 0.0105. The number of hydrogen-bond donors (Lipinski definition) is 1. The molecule has 0 spiro atoms. The van der Waals surface area contributed by atoms with Crippen LogP contribution in [0.3, 0.4) is 0 Å². The van der Waals surface area contributed by atoms with Crippen LogP contribution >= 0.6 is 15.9 Å². The molecule has 0 saturated heterocycles. The second kappa shape index (κ2) is 4.70. The molecule has 1 N–H and O–H groups in total. The number of carbonyl (C=O) groups is 1. The number of hydrogen-bond acceptors (Lipinski definition) is 2. The highest BCUT2D eigenvalue weighted by atomic mass is 79.9. The van der Waals surface area contributed by atoms with E-state index in [1.54, 1.807) is 0 Å². The van der Waals surface area contributed by atoms with Gasteiger partial charge in [-0.1, -0.05) is 28.1 Å². The first-order chi connectivity index (χ1) is 9.13. The van der Waals surface area contributed by atoms with Crippen molar-refractivity contribution in [3.63, 3.8) is 0 Å². The van der Waals surface area contributed by atoms with Crippen LogP contribution in [-0.4, -0.2) is 12.5 Å². The summed E-state index contributed by atoms with van der Waals surface area (Å²) in [4.78, 5) is 13.8. The van der Waals surface area contributed by atoms with Crippen molar-refractivity contribution in [1.29, 1.82) is 0 Å². The molecule has 0 fully saturated rings. The van der Waals surface area contributed by atoms with E-state index in [4.69, 9.17) is 0 Å². The van der Waals surface area contributed by atoms with Crippen LogP contribution in [0.4, 0.5) is 17.1 Å². The predicted octanol–water partition coefficient (Wildman–Crippen LogP) is 3.85. The molecular formula is C15H13BrN2O. The Morgan fingerprint density at radius 3 is 2.84 bits per heavy atom. The maximum absolute atomic E-state index is 11.8. The number of anilines is 3. The average molecular weight is 317 g/mol. The molecular weight excluding hydrogens is 304 g/mol. The van der Waals surface area contributed by atoms with Gasteiger partial charge in [0.2, 0.25) is 5.91 Å². The molecule has 3 nitrogen and oxygen atoms in total. The number of amides is 1. The zero-order valence-electron chi connectivity index (χ0n) is 10.5. The molecule has 0 radical (unpaired) electrons. The smallest absolute Gasteiger partial charge is 0.244 e. The molecule has 2 aromatic carbocycles. The first-order valence-electron chi connectivity index (χ1n) is 6.07. The second-order valence-corrected chi connectivity index (χ2v) is 5.55. The van der Waals surface area contributed by atoms with Gasteiger partial charge < -0.3 is 10.2 Å². The summed E-state index contributed by atoms with van der Waals surface area (Å²) < 4.78 is 1.00. The quantitative estimate of drug-likeness (QED) is 0.866. The van der Waals surface area contributed by atoms with E-state index in [9.17, 15) is 4.79 Å². The van der Waals surface area contributed by atoms with Gasteiger partial charge in [-0.15, -0.1) is 0 Å². The lowest BCUT2D eigenvalue weighted by Crippen LogP contribution is -2.35. The first kappa shape index (κ1) is 12.2. The van der Waals surface area contributed by atoms with Crippen LogP contribution in [0.15, 0.2) is 46.9 Å². The number of nitrogens with zero attached hydrogens (tertiary/aromatic N) is 1. The van der Waals surface area contributed by atoms with Gasteiger partial charge in [0, 0.05) is 10.2 Å². The Morgan fingerprint density at radius 1 is 1.21 bits per heavy atom. The number of aryl methyl sites for hydroxylation is 1. The predicted molar refractivity (Wildman–Crippen MR) is 81.0 cm³/mol. The number of fused-ring (bicyclic) bond motifs is 1. The SMILES string of the molecule is Cc1cccc(N2CC(=O)Nc3ccc(Br)cc32)c1. The highest BCUT2D eigenvalue weighted by molar-refractivity contribution is 9.10. The Kier molecular flexibility index (Phi) is 3.03. The van der Waals surface area contributed by atoms with Crippen molar-refractivity contribution in [2.45, 2.75) is 6.92 Å². The lowest BCUT2D eigenvalue weighted by atomic mass is 10.1. The van der Waals surface area contributed by atoms with Crippen LogP contribution in [0.2, 0.25) is 0 Å². The topological polar surface area (TPSA) is 32.3 Å². The number of rotatable bonds is 1. The van der Waals surface area contributed by atoms with Gasteiger partial charge >= 0.3 is 0 Å². The van der Waals surface area contributed by atoms with Crippen molar-refractivity contribution in [2.24, 2.45) is 0 Å². The molecule has 0 unspecified atom stereocenters. The molecule has 0 saturated carbocycles. The Labute approximate surface area is 120 Å². The van der Waals surface area contributed by atoms with E-state index in [1.165, 1.54) is 5.56 Å². The monoisotopic (exact) mass is 316 g/mol. The standard InChI is InChI=1S/C15H13BrN2O/c1-10-3-2-4-12(7-10)18-9-15(19)17-13-6-5-11(16)8-14(13)18/h2-8H,9H2,1H3,(H,17,19). The van der Waals surface area contributed by atoms with E-state index in [0.29, 0.717) is 6.54 Å². The fraction of sp³-hybridized carbons (Fsp3) is 0.133. The molecule has 1 amide bonds. The van der Waals surface area contributed by atoms with Crippen molar-refractivity contribution in [3.05, 3.63) is 52.5 Å². The maximum atomic E-state index is 11.8. The van der Waals surface area contributed by atoms with E-state index in [1.807, 2.05) is 35.2 Å². The number of benzene rings is 2. The summed E-state index contributed by atoms with van der Waals surface area (Å²) in [6.07, 6.45) is 0. The minimum Gasteiger partial charge on any atom is -0.330 e. The summed E-state index contributed by atoms with van der Waals surface area (Å²) in [5, 5.41) is 2.90.